The van der Waals surface area contributed by atoms with Gasteiger partial charge >= 0.3 is 0 Å². The molecule has 0 spiro atoms. The topological polar surface area (TPSA) is 29.5 Å². The van der Waals surface area contributed by atoms with Gasteiger partial charge in [0.2, 0.25) is 0 Å². The van der Waals surface area contributed by atoms with E-state index in [1.54, 1.807) is 6.92 Å². The van der Waals surface area contributed by atoms with Gasteiger partial charge in [-0.2, -0.15) is 0 Å². The minimum absolute atomic E-state index is 0.128. The number of halogens is 1. The molecule has 2 unspecified atom stereocenters. The molecule has 0 saturated carbocycles. The molecule has 0 rings (SSSR count). The van der Waals surface area contributed by atoms with E-state index in [1.165, 1.54) is 0 Å². The van der Waals surface area contributed by atoms with Crippen LogP contribution in [0.15, 0.2) is 0 Å². The van der Waals surface area contributed by atoms with Gasteiger partial charge < -0.3 is 9.84 Å². The van der Waals surface area contributed by atoms with E-state index in [1.807, 2.05) is 29.5 Å². The molecular weight excluding hydrogens is 243 g/mol. The summed E-state index contributed by atoms with van der Waals surface area (Å²) in [4.78, 5) is 0. The fourth-order valence-corrected chi connectivity index (χ4v) is 0.495. The Balaban J connectivity index is 3.36. The number of hydrogen-bond donors (Lipinski definition) is 1. The molecule has 0 aromatic heterocycles. The number of ether oxygens (including phenoxy) is 1. The van der Waals surface area contributed by atoms with Crippen LogP contribution in [0, 0.1) is 9.85 Å². The molecule has 0 bridgehead atoms. The summed E-state index contributed by atoms with van der Waals surface area (Å²) in [5.74, 6) is 2.74. The Labute approximate surface area is 75.1 Å². The summed E-state index contributed by atoms with van der Waals surface area (Å²) in [5, 5.41) is 8.95. The second-order valence-corrected chi connectivity index (χ2v) is 2.57. The number of rotatable bonds is 3. The molecule has 3 heteroatoms. The van der Waals surface area contributed by atoms with E-state index < -0.39 is 6.10 Å². The van der Waals surface area contributed by atoms with Crippen molar-refractivity contribution in [3.8, 4) is 9.85 Å². The Morgan fingerprint density at radius 1 is 1.60 bits per heavy atom. The molecule has 0 fully saturated rings. The zero-order valence-electron chi connectivity index (χ0n) is 6.10. The Morgan fingerprint density at radius 3 is 2.60 bits per heavy atom. The molecule has 0 aromatic carbocycles. The van der Waals surface area contributed by atoms with Crippen LogP contribution in [0.1, 0.15) is 13.8 Å². The van der Waals surface area contributed by atoms with E-state index in [-0.39, 0.29) is 6.10 Å². The molecule has 0 aliphatic rings. The molecule has 10 heavy (non-hydrogen) atoms. The minimum Gasteiger partial charge on any atom is -0.391 e. The molecule has 2 nitrogen and oxygen atoms in total. The minimum atomic E-state index is -0.420. The average molecular weight is 254 g/mol. The van der Waals surface area contributed by atoms with Gasteiger partial charge in [-0.1, -0.05) is 5.92 Å². The summed E-state index contributed by atoms with van der Waals surface area (Å²) in [6, 6.07) is 0. The third kappa shape index (κ3) is 5.03. The molecule has 0 amide bonds. The van der Waals surface area contributed by atoms with Crippen molar-refractivity contribution in [3.63, 3.8) is 0 Å². The fraction of sp³-hybridized carbons (Fsp3) is 0.714. The molecule has 0 aromatic rings. The van der Waals surface area contributed by atoms with Gasteiger partial charge in [0.25, 0.3) is 0 Å². The van der Waals surface area contributed by atoms with Crippen molar-refractivity contribution >= 4 is 22.6 Å². The maximum absolute atomic E-state index is 8.95. The first-order valence-electron chi connectivity index (χ1n) is 3.06. The zero-order valence-corrected chi connectivity index (χ0v) is 8.25. The van der Waals surface area contributed by atoms with Crippen LogP contribution in [-0.4, -0.2) is 23.9 Å². The summed E-state index contributed by atoms with van der Waals surface area (Å²) >= 11 is 1.95. The number of aliphatic hydroxyl groups excluding tert-OH is 1. The van der Waals surface area contributed by atoms with Gasteiger partial charge in [-0.3, -0.25) is 0 Å². The lowest BCUT2D eigenvalue weighted by Gasteiger charge is -2.12. The van der Waals surface area contributed by atoms with Crippen LogP contribution >= 0.6 is 22.6 Å². The van der Waals surface area contributed by atoms with Crippen LogP contribution in [0.2, 0.25) is 0 Å². The lowest BCUT2D eigenvalue weighted by atomic mass is 10.3. The summed E-state index contributed by atoms with van der Waals surface area (Å²) < 4.78 is 7.79. The van der Waals surface area contributed by atoms with Crippen molar-refractivity contribution in [1.82, 2.24) is 0 Å². The largest absolute Gasteiger partial charge is 0.391 e. The molecule has 0 radical (unpaired) electrons. The third-order valence-electron chi connectivity index (χ3n) is 1.16. The predicted molar refractivity (Wildman–Crippen MR) is 48.9 cm³/mol. The molecule has 1 N–H and O–H groups in total. The Kier molecular flexibility index (Phi) is 6.08. The van der Waals surface area contributed by atoms with E-state index in [9.17, 15) is 0 Å². The van der Waals surface area contributed by atoms with Crippen LogP contribution in [0.5, 0.6) is 0 Å². The van der Waals surface area contributed by atoms with Crippen molar-refractivity contribution in [1.29, 1.82) is 0 Å². The Bertz CT molecular complexity index is 134. The van der Waals surface area contributed by atoms with Crippen LogP contribution in [0.3, 0.4) is 0 Å². The molecule has 0 heterocycles. The van der Waals surface area contributed by atoms with Crippen molar-refractivity contribution in [2.75, 3.05) is 6.61 Å². The number of aliphatic hydroxyl groups is 1. The fourth-order valence-electron chi connectivity index (χ4n) is 0.340. The van der Waals surface area contributed by atoms with Crippen molar-refractivity contribution < 1.29 is 9.84 Å². The zero-order chi connectivity index (χ0) is 7.98. The second kappa shape index (κ2) is 5.96. The second-order valence-electron chi connectivity index (χ2n) is 2.03. The van der Waals surface area contributed by atoms with E-state index >= 15 is 0 Å². The van der Waals surface area contributed by atoms with Crippen LogP contribution in [0.25, 0.3) is 0 Å². The van der Waals surface area contributed by atoms with Crippen molar-refractivity contribution in [3.05, 3.63) is 0 Å². The van der Waals surface area contributed by atoms with Gasteiger partial charge in [-0.15, -0.1) is 0 Å². The normalized spacial score (nSPS) is 15.2. The van der Waals surface area contributed by atoms with E-state index in [4.69, 9.17) is 9.84 Å². The molecular formula is C7H11IO2. The SMILES string of the molecule is CC(O)C(C)OCC#CI. The summed E-state index contributed by atoms with van der Waals surface area (Å²) in [7, 11) is 0. The van der Waals surface area contributed by atoms with Crippen LogP contribution < -0.4 is 0 Å². The van der Waals surface area contributed by atoms with Crippen LogP contribution in [-0.2, 0) is 4.74 Å². The molecule has 0 aliphatic heterocycles. The monoisotopic (exact) mass is 254 g/mol. The molecule has 0 aliphatic carbocycles. The molecule has 2 atom stereocenters. The summed E-state index contributed by atoms with van der Waals surface area (Å²) in [6.45, 7) is 3.91. The highest BCUT2D eigenvalue weighted by Gasteiger charge is 2.06. The first kappa shape index (κ1) is 10.2. The quantitative estimate of drug-likeness (QED) is 0.605. The van der Waals surface area contributed by atoms with Gasteiger partial charge in [0.05, 0.1) is 12.2 Å². The number of hydrogen-bond acceptors (Lipinski definition) is 2. The van der Waals surface area contributed by atoms with Gasteiger partial charge in [0, 0.05) is 22.6 Å². The van der Waals surface area contributed by atoms with E-state index in [2.05, 4.69) is 9.85 Å². The first-order valence-corrected chi connectivity index (χ1v) is 4.14. The lowest BCUT2D eigenvalue weighted by molar-refractivity contribution is -0.00391. The summed E-state index contributed by atoms with van der Waals surface area (Å²) in [6.07, 6.45) is -0.548. The Hall–Kier alpha value is 0.210. The highest BCUT2D eigenvalue weighted by atomic mass is 127. The van der Waals surface area contributed by atoms with E-state index in [0.29, 0.717) is 6.61 Å². The third-order valence-corrected chi connectivity index (χ3v) is 1.55. The Morgan fingerprint density at radius 2 is 2.20 bits per heavy atom. The predicted octanol–water partition coefficient (Wildman–Crippen LogP) is 1.17. The van der Waals surface area contributed by atoms with Gasteiger partial charge in [0.1, 0.15) is 6.61 Å². The maximum Gasteiger partial charge on any atom is 0.109 e. The van der Waals surface area contributed by atoms with E-state index in [0.717, 1.165) is 0 Å². The van der Waals surface area contributed by atoms with Gasteiger partial charge in [-0.05, 0) is 17.8 Å². The van der Waals surface area contributed by atoms with Gasteiger partial charge in [-0.25, -0.2) is 0 Å². The molecule has 0 saturated heterocycles. The smallest absolute Gasteiger partial charge is 0.109 e. The van der Waals surface area contributed by atoms with Crippen molar-refractivity contribution in [2.24, 2.45) is 0 Å². The highest BCUT2D eigenvalue weighted by Crippen LogP contribution is 1.95. The average Bonchev–Trinajstić information content (AvgIpc) is 1.88. The summed E-state index contributed by atoms with van der Waals surface area (Å²) in [5.41, 5.74) is 0. The van der Waals surface area contributed by atoms with Gasteiger partial charge in [0.15, 0.2) is 0 Å². The highest BCUT2D eigenvalue weighted by molar-refractivity contribution is 14.1. The first-order chi connectivity index (χ1) is 4.68. The molecule has 58 valence electrons. The maximum atomic E-state index is 8.95. The van der Waals surface area contributed by atoms with Crippen LogP contribution in [0.4, 0.5) is 0 Å². The standard InChI is InChI=1S/C7H11IO2/c1-6(9)7(2)10-5-3-4-8/h6-7,9H,5H2,1-2H3. The van der Waals surface area contributed by atoms with Crippen molar-refractivity contribution in [2.45, 2.75) is 26.1 Å². The lowest BCUT2D eigenvalue weighted by Crippen LogP contribution is -2.22.